The second-order valence-electron chi connectivity index (χ2n) is 7.86. The Morgan fingerprint density at radius 3 is 2.59 bits per heavy atom. The number of piperazine rings is 1. The van der Waals surface area contributed by atoms with E-state index in [9.17, 15) is 14.7 Å². The molecule has 166 valence electrons. The molecule has 1 fully saturated rings. The van der Waals surface area contributed by atoms with Gasteiger partial charge >= 0.3 is 0 Å². The Labute approximate surface area is 187 Å². The van der Waals surface area contributed by atoms with Crippen molar-refractivity contribution in [2.45, 2.75) is 6.10 Å². The molecule has 0 aliphatic carbocycles. The van der Waals surface area contributed by atoms with E-state index in [2.05, 4.69) is 10.6 Å². The number of aliphatic hydroxyl groups is 1. The summed E-state index contributed by atoms with van der Waals surface area (Å²) < 4.78 is 5.98. The Morgan fingerprint density at radius 1 is 1.12 bits per heavy atom. The molecule has 0 bridgehead atoms. The van der Waals surface area contributed by atoms with Gasteiger partial charge in [0.15, 0.2) is 0 Å². The van der Waals surface area contributed by atoms with Crippen LogP contribution in [0.4, 0.5) is 0 Å². The van der Waals surface area contributed by atoms with Gasteiger partial charge in [-0.2, -0.15) is 0 Å². The summed E-state index contributed by atoms with van der Waals surface area (Å²) in [4.78, 5) is 25.3. The number of hydrogen-bond donors (Lipinski definition) is 3. The largest absolute Gasteiger partial charge is 0.490 e. The van der Waals surface area contributed by atoms with Gasteiger partial charge in [-0.25, -0.2) is 0 Å². The van der Waals surface area contributed by atoms with Gasteiger partial charge in [-0.3, -0.25) is 14.5 Å². The average Bonchev–Trinajstić information content (AvgIpc) is 2.82. The molecule has 1 heterocycles. The second kappa shape index (κ2) is 9.80. The molecule has 0 radical (unpaired) electrons. The molecule has 1 atom stereocenters. The lowest BCUT2D eigenvalue weighted by molar-refractivity contribution is -0.124. The summed E-state index contributed by atoms with van der Waals surface area (Å²) in [6.07, 6.45) is -0.698. The summed E-state index contributed by atoms with van der Waals surface area (Å²) in [6.45, 7) is 2.15. The van der Waals surface area contributed by atoms with Crippen LogP contribution in [-0.4, -0.2) is 67.8 Å². The van der Waals surface area contributed by atoms with Crippen LogP contribution >= 0.6 is 0 Å². The number of nitrogens with one attached hydrogen (secondary N) is 2. The number of fused-ring (bicyclic) bond motifs is 1. The fraction of sp³-hybridized carbons (Fsp3) is 0.280. The van der Waals surface area contributed by atoms with Crippen LogP contribution in [0.1, 0.15) is 10.4 Å². The highest BCUT2D eigenvalue weighted by Crippen LogP contribution is 2.34. The van der Waals surface area contributed by atoms with Crippen molar-refractivity contribution < 1.29 is 19.4 Å². The van der Waals surface area contributed by atoms with Crippen molar-refractivity contribution in [1.29, 1.82) is 0 Å². The van der Waals surface area contributed by atoms with Gasteiger partial charge in [-0.05, 0) is 34.7 Å². The first-order valence-electron chi connectivity index (χ1n) is 10.7. The van der Waals surface area contributed by atoms with Crippen LogP contribution in [0.5, 0.6) is 5.75 Å². The van der Waals surface area contributed by atoms with Crippen LogP contribution in [0.2, 0.25) is 0 Å². The van der Waals surface area contributed by atoms with Gasteiger partial charge < -0.3 is 20.5 Å². The van der Waals surface area contributed by atoms with E-state index in [1.165, 1.54) is 0 Å². The van der Waals surface area contributed by atoms with Gasteiger partial charge in [-0.1, -0.05) is 42.5 Å². The standard InChI is InChI=1S/C25H27N3O4/c1-26-25(31)18-8-6-17(7-9-18)20-10-11-23(22-5-3-2-4-21(20)22)32-16-19(29)14-28-13-12-27-24(30)15-28/h2-11,19,29H,12-16H2,1H3,(H,26,31)(H,27,30). The van der Waals surface area contributed by atoms with Crippen LogP contribution in [0, 0.1) is 0 Å². The zero-order chi connectivity index (χ0) is 22.5. The van der Waals surface area contributed by atoms with Gasteiger partial charge in [0.25, 0.3) is 5.91 Å². The number of hydrogen-bond acceptors (Lipinski definition) is 5. The monoisotopic (exact) mass is 433 g/mol. The van der Waals surface area contributed by atoms with Crippen molar-refractivity contribution in [3.8, 4) is 16.9 Å². The topological polar surface area (TPSA) is 90.9 Å². The smallest absolute Gasteiger partial charge is 0.251 e. The molecule has 0 spiro atoms. The minimum Gasteiger partial charge on any atom is -0.490 e. The number of benzene rings is 3. The van der Waals surface area contributed by atoms with E-state index in [0.717, 1.165) is 28.4 Å². The second-order valence-corrected chi connectivity index (χ2v) is 7.86. The highest BCUT2D eigenvalue weighted by atomic mass is 16.5. The third-order valence-electron chi connectivity index (χ3n) is 5.59. The molecular formula is C25H27N3O4. The molecular weight excluding hydrogens is 406 g/mol. The zero-order valence-corrected chi connectivity index (χ0v) is 18.0. The highest BCUT2D eigenvalue weighted by Gasteiger charge is 2.19. The molecule has 3 aromatic rings. The molecule has 32 heavy (non-hydrogen) atoms. The lowest BCUT2D eigenvalue weighted by atomic mass is 9.97. The van der Waals surface area contributed by atoms with E-state index >= 15 is 0 Å². The molecule has 3 N–H and O–H groups in total. The Balaban J connectivity index is 1.50. The van der Waals surface area contributed by atoms with Crippen molar-refractivity contribution in [1.82, 2.24) is 15.5 Å². The van der Waals surface area contributed by atoms with Gasteiger partial charge in [0, 0.05) is 37.6 Å². The van der Waals surface area contributed by atoms with Crippen molar-refractivity contribution in [3.63, 3.8) is 0 Å². The van der Waals surface area contributed by atoms with Crippen LogP contribution in [-0.2, 0) is 4.79 Å². The summed E-state index contributed by atoms with van der Waals surface area (Å²) in [5, 5.41) is 17.8. The molecule has 1 aliphatic rings. The molecule has 7 nitrogen and oxygen atoms in total. The Hall–Kier alpha value is -3.42. The molecule has 0 aromatic heterocycles. The molecule has 1 unspecified atom stereocenters. The summed E-state index contributed by atoms with van der Waals surface area (Å²) in [5.41, 5.74) is 2.65. The first kappa shape index (κ1) is 21.8. The Kier molecular flexibility index (Phi) is 6.68. The van der Waals surface area contributed by atoms with E-state index in [-0.39, 0.29) is 18.4 Å². The Morgan fingerprint density at radius 2 is 1.88 bits per heavy atom. The molecule has 3 aromatic carbocycles. The van der Waals surface area contributed by atoms with Crippen molar-refractivity contribution >= 4 is 22.6 Å². The first-order valence-corrected chi connectivity index (χ1v) is 10.7. The van der Waals surface area contributed by atoms with E-state index in [1.807, 2.05) is 65.6 Å². The van der Waals surface area contributed by atoms with Crippen molar-refractivity contribution in [2.24, 2.45) is 0 Å². The van der Waals surface area contributed by atoms with Crippen LogP contribution in [0.15, 0.2) is 60.7 Å². The van der Waals surface area contributed by atoms with E-state index in [0.29, 0.717) is 30.9 Å². The Bertz CT molecular complexity index is 1110. The predicted octanol–water partition coefficient (Wildman–Crippen LogP) is 2.04. The summed E-state index contributed by atoms with van der Waals surface area (Å²) >= 11 is 0. The number of rotatable bonds is 7. The fourth-order valence-electron chi connectivity index (χ4n) is 3.98. The van der Waals surface area contributed by atoms with E-state index in [4.69, 9.17) is 4.74 Å². The molecule has 1 aliphatic heterocycles. The molecule has 4 rings (SSSR count). The maximum Gasteiger partial charge on any atom is 0.251 e. The molecule has 0 saturated carbocycles. The average molecular weight is 434 g/mol. The first-order chi connectivity index (χ1) is 15.5. The van der Waals surface area contributed by atoms with Gasteiger partial charge in [0.1, 0.15) is 18.5 Å². The number of nitrogens with zero attached hydrogens (tertiary/aromatic N) is 1. The number of amides is 2. The third-order valence-corrected chi connectivity index (χ3v) is 5.59. The van der Waals surface area contributed by atoms with Crippen molar-refractivity contribution in [2.75, 3.05) is 39.8 Å². The number of aliphatic hydroxyl groups excluding tert-OH is 1. The van der Waals surface area contributed by atoms with Gasteiger partial charge in [0.2, 0.25) is 5.91 Å². The zero-order valence-electron chi connectivity index (χ0n) is 18.0. The van der Waals surface area contributed by atoms with E-state index in [1.54, 1.807) is 7.05 Å². The minimum atomic E-state index is -0.698. The highest BCUT2D eigenvalue weighted by molar-refractivity contribution is 6.01. The van der Waals surface area contributed by atoms with Gasteiger partial charge in [-0.15, -0.1) is 0 Å². The number of carbonyl (C=O) groups excluding carboxylic acids is 2. The maximum absolute atomic E-state index is 11.8. The lowest BCUT2D eigenvalue weighted by Crippen LogP contribution is -2.50. The molecule has 7 heteroatoms. The summed E-state index contributed by atoms with van der Waals surface area (Å²) in [5.74, 6) is 0.560. The third kappa shape index (κ3) is 4.90. The van der Waals surface area contributed by atoms with Crippen molar-refractivity contribution in [3.05, 3.63) is 66.2 Å². The van der Waals surface area contributed by atoms with E-state index < -0.39 is 6.10 Å². The van der Waals surface area contributed by atoms with Crippen LogP contribution in [0.25, 0.3) is 21.9 Å². The maximum atomic E-state index is 11.8. The number of ether oxygens (including phenoxy) is 1. The van der Waals surface area contributed by atoms with Crippen LogP contribution in [0.3, 0.4) is 0 Å². The SMILES string of the molecule is CNC(=O)c1ccc(-c2ccc(OCC(O)CN3CCNC(=O)C3)c3ccccc23)cc1. The molecule has 1 saturated heterocycles. The van der Waals surface area contributed by atoms with Gasteiger partial charge in [0.05, 0.1) is 6.54 Å². The van der Waals surface area contributed by atoms with Crippen LogP contribution < -0.4 is 15.4 Å². The number of β-amino-alcohol motifs (C(OH)–C–C–N with tert-alkyl or cyclic N) is 1. The summed E-state index contributed by atoms with van der Waals surface area (Å²) in [6, 6.07) is 19.4. The predicted molar refractivity (Wildman–Crippen MR) is 124 cm³/mol. The number of carbonyl (C=O) groups is 2. The quantitative estimate of drug-likeness (QED) is 0.531. The minimum absolute atomic E-state index is 0.0192. The fourth-order valence-corrected chi connectivity index (χ4v) is 3.98. The summed E-state index contributed by atoms with van der Waals surface area (Å²) in [7, 11) is 1.61. The molecule has 2 amide bonds. The normalized spacial score (nSPS) is 15.2. The lowest BCUT2D eigenvalue weighted by Gasteiger charge is -2.28.